The fourth-order valence-electron chi connectivity index (χ4n) is 9.72. The maximum absolute atomic E-state index is 17.6. The van der Waals surface area contributed by atoms with Gasteiger partial charge in [0.2, 0.25) is 5.88 Å². The maximum Gasteiger partial charge on any atom is 0.410 e. The van der Waals surface area contributed by atoms with Gasteiger partial charge in [-0.2, -0.15) is 9.97 Å². The van der Waals surface area contributed by atoms with E-state index in [9.17, 15) is 9.18 Å². The number of ether oxygens (including phenoxy) is 5. The van der Waals surface area contributed by atoms with Gasteiger partial charge < -0.3 is 28.6 Å². The number of piperazine rings is 1. The smallest absolute Gasteiger partial charge is 0.410 e. The third-order valence-corrected chi connectivity index (χ3v) is 12.0. The van der Waals surface area contributed by atoms with Crippen molar-refractivity contribution in [2.75, 3.05) is 51.7 Å². The number of hydrogen-bond acceptors (Lipinski definition) is 11. The van der Waals surface area contributed by atoms with Crippen LogP contribution in [0.15, 0.2) is 30.3 Å². The summed E-state index contributed by atoms with van der Waals surface area (Å²) in [5, 5.41) is 2.05. The molecule has 4 fully saturated rings. The van der Waals surface area contributed by atoms with Gasteiger partial charge >= 0.3 is 12.1 Å². The fraction of sp³-hybridized carbons (Fsp3) is 0.561. The zero-order valence-electron chi connectivity index (χ0n) is 32.1. The number of halogens is 2. The van der Waals surface area contributed by atoms with Crippen molar-refractivity contribution in [3.05, 3.63) is 41.7 Å². The Morgan fingerprint density at radius 2 is 1.93 bits per heavy atom. The topological polar surface area (TPSA) is 112 Å². The van der Waals surface area contributed by atoms with Gasteiger partial charge in [0.25, 0.3) is 0 Å². The van der Waals surface area contributed by atoms with Gasteiger partial charge in [0.15, 0.2) is 12.6 Å². The van der Waals surface area contributed by atoms with Crippen LogP contribution in [0.3, 0.4) is 0 Å². The molecule has 2 aromatic carbocycles. The van der Waals surface area contributed by atoms with Crippen LogP contribution in [0.25, 0.3) is 32.9 Å². The van der Waals surface area contributed by atoms with E-state index in [-0.39, 0.29) is 67.3 Å². The molecule has 7 heterocycles. The van der Waals surface area contributed by atoms with Crippen LogP contribution in [0.4, 0.5) is 19.4 Å². The van der Waals surface area contributed by atoms with Crippen LogP contribution in [-0.2, 0) is 15.9 Å². The molecule has 2 aromatic heterocycles. The van der Waals surface area contributed by atoms with E-state index in [1.54, 1.807) is 13.2 Å². The van der Waals surface area contributed by atoms with Gasteiger partial charge in [-0.3, -0.25) is 9.80 Å². The molecule has 0 radical (unpaired) electrons. The number of fused-ring (bicyclic) bond motifs is 7. The molecule has 2 bridgehead atoms. The van der Waals surface area contributed by atoms with Crippen molar-refractivity contribution in [3.8, 4) is 28.9 Å². The molecular weight excluding hydrogens is 710 g/mol. The number of alkyl halides is 1. The average Bonchev–Trinajstić information content (AvgIpc) is 3.76. The predicted octanol–water partition coefficient (Wildman–Crippen LogP) is 6.83. The van der Waals surface area contributed by atoms with Crippen LogP contribution in [0, 0.1) is 5.82 Å². The number of carbonyl (C=O) groups excluding carboxylic acids is 1. The van der Waals surface area contributed by atoms with E-state index in [2.05, 4.69) is 16.7 Å². The molecule has 292 valence electrons. The molecule has 4 saturated heterocycles. The summed E-state index contributed by atoms with van der Waals surface area (Å²) in [6, 6.07) is 8.94. The second-order valence-electron chi connectivity index (χ2n) is 16.6. The first-order valence-electron chi connectivity index (χ1n) is 19.5. The summed E-state index contributed by atoms with van der Waals surface area (Å²) in [6.45, 7) is 9.64. The minimum absolute atomic E-state index is 0.00638. The number of carbonyl (C=O) groups is 1. The predicted molar refractivity (Wildman–Crippen MR) is 202 cm³/mol. The summed E-state index contributed by atoms with van der Waals surface area (Å²) in [7, 11) is 1.54. The first-order chi connectivity index (χ1) is 26.5. The zero-order valence-corrected chi connectivity index (χ0v) is 32.1. The summed E-state index contributed by atoms with van der Waals surface area (Å²) in [5.74, 6) is 0.495. The van der Waals surface area contributed by atoms with E-state index in [0.717, 1.165) is 48.6 Å². The van der Waals surface area contributed by atoms with Gasteiger partial charge in [-0.15, -0.1) is 0 Å². The van der Waals surface area contributed by atoms with Crippen LogP contribution < -0.4 is 19.1 Å². The number of benzene rings is 2. The third-order valence-electron chi connectivity index (χ3n) is 12.0. The largest absolute Gasteiger partial charge is 0.475 e. The van der Waals surface area contributed by atoms with E-state index in [4.69, 9.17) is 38.6 Å². The first kappa shape index (κ1) is 36.1. The number of pyridine rings is 1. The van der Waals surface area contributed by atoms with Gasteiger partial charge in [0.05, 0.1) is 23.7 Å². The molecule has 55 heavy (non-hydrogen) atoms. The van der Waals surface area contributed by atoms with Crippen molar-refractivity contribution in [2.45, 2.75) is 102 Å². The Morgan fingerprint density at radius 1 is 1.07 bits per heavy atom. The van der Waals surface area contributed by atoms with Gasteiger partial charge in [-0.25, -0.2) is 18.6 Å². The van der Waals surface area contributed by atoms with Crippen LogP contribution in [-0.4, -0.2) is 113 Å². The SMILES string of the molecule is CCc1cccc2cc(OCOC)cc(-c3nc4c5c(nc(OC[C@@]67CCCN6C[C@H](F)C7)nc5c3F)N3C[C@@H]5CC[C@H]([C@@H]3CO4)N5C(=O)OC(C)(C)C)c12. The van der Waals surface area contributed by atoms with Gasteiger partial charge in [0, 0.05) is 32.2 Å². The second-order valence-corrected chi connectivity index (χ2v) is 16.6. The molecule has 5 aliphatic heterocycles. The van der Waals surface area contributed by atoms with Crippen molar-refractivity contribution in [1.82, 2.24) is 24.8 Å². The van der Waals surface area contributed by atoms with Crippen LogP contribution >= 0.6 is 0 Å². The second kappa shape index (κ2) is 13.6. The number of hydrogen-bond donors (Lipinski definition) is 0. The zero-order chi connectivity index (χ0) is 38.2. The highest BCUT2D eigenvalue weighted by Crippen LogP contribution is 2.47. The van der Waals surface area contributed by atoms with Gasteiger partial charge in [-0.05, 0) is 87.9 Å². The van der Waals surface area contributed by atoms with E-state index in [0.29, 0.717) is 48.4 Å². The minimum atomic E-state index is -0.930. The Balaban J connectivity index is 1.20. The van der Waals surface area contributed by atoms with Crippen molar-refractivity contribution in [3.63, 3.8) is 0 Å². The van der Waals surface area contributed by atoms with E-state index >= 15 is 4.39 Å². The number of methoxy groups -OCH3 is 1. The van der Waals surface area contributed by atoms with Crippen molar-refractivity contribution >= 4 is 33.6 Å². The van der Waals surface area contributed by atoms with Crippen molar-refractivity contribution in [2.24, 2.45) is 0 Å². The number of aromatic nitrogens is 3. The highest BCUT2D eigenvalue weighted by atomic mass is 19.1. The molecule has 0 saturated carbocycles. The lowest BCUT2D eigenvalue weighted by atomic mass is 9.94. The average molecular weight is 759 g/mol. The number of anilines is 1. The molecule has 0 unspecified atom stereocenters. The first-order valence-corrected chi connectivity index (χ1v) is 19.5. The summed E-state index contributed by atoms with van der Waals surface area (Å²) >= 11 is 0. The Labute approximate surface area is 319 Å². The maximum atomic E-state index is 17.6. The molecular formula is C41H48F2N6O6. The summed E-state index contributed by atoms with van der Waals surface area (Å²) in [4.78, 5) is 34.4. The van der Waals surface area contributed by atoms with Crippen LogP contribution in [0.5, 0.6) is 17.6 Å². The molecule has 12 nitrogen and oxygen atoms in total. The quantitative estimate of drug-likeness (QED) is 0.176. The van der Waals surface area contributed by atoms with E-state index in [1.165, 1.54) is 0 Å². The Morgan fingerprint density at radius 3 is 2.73 bits per heavy atom. The Kier molecular flexibility index (Phi) is 8.91. The monoisotopic (exact) mass is 758 g/mol. The molecule has 4 aromatic rings. The summed E-state index contributed by atoms with van der Waals surface area (Å²) < 4.78 is 62.3. The third kappa shape index (κ3) is 6.16. The lowest BCUT2D eigenvalue weighted by Gasteiger charge is -2.46. The lowest BCUT2D eigenvalue weighted by molar-refractivity contribution is 0.00537. The number of rotatable bonds is 8. The number of aryl methyl sites for hydroxylation is 1. The summed E-state index contributed by atoms with van der Waals surface area (Å²) in [5.41, 5.74) is 0.506. The van der Waals surface area contributed by atoms with E-state index in [1.807, 2.05) is 49.9 Å². The molecule has 5 atom stereocenters. The summed E-state index contributed by atoms with van der Waals surface area (Å²) in [6.07, 6.45) is 3.08. The number of nitrogens with zero attached hydrogens (tertiary/aromatic N) is 6. The Hall–Kier alpha value is -4.56. The fourth-order valence-corrected chi connectivity index (χ4v) is 9.72. The molecule has 14 heteroatoms. The molecule has 9 rings (SSSR count). The van der Waals surface area contributed by atoms with Crippen molar-refractivity contribution in [1.29, 1.82) is 0 Å². The van der Waals surface area contributed by atoms with E-state index < -0.39 is 23.1 Å². The van der Waals surface area contributed by atoms with Crippen molar-refractivity contribution < 1.29 is 37.3 Å². The minimum Gasteiger partial charge on any atom is -0.475 e. The standard InChI is InChI=1S/C41H48F2N6O6/c1-6-23-9-7-10-24-15-27(54-22-51-5)16-28(31(23)24)34-33(43)35-32-36(46-38(45-35)53-21-41-13-8-14-47(41)18-25(42)17-41)48-19-26-11-12-29(30(48)20-52-37(32)44-34)49(26)39(50)55-40(2,3)4/h7,9-10,15-16,25-26,29-30H,6,8,11-14,17-22H2,1-5H3/t25-,26+,29-,30+,41+/m1/s1. The van der Waals surface area contributed by atoms with Crippen LogP contribution in [0.1, 0.15) is 65.4 Å². The van der Waals surface area contributed by atoms with Crippen LogP contribution in [0.2, 0.25) is 0 Å². The molecule has 0 N–H and O–H groups in total. The molecule has 5 aliphatic rings. The Bertz CT molecular complexity index is 2170. The number of amides is 1. The highest BCUT2D eigenvalue weighted by Gasteiger charge is 2.52. The lowest BCUT2D eigenvalue weighted by Crippen LogP contribution is -2.63. The molecule has 0 spiro atoms. The molecule has 1 amide bonds. The normalized spacial score (nSPS) is 25.9. The van der Waals surface area contributed by atoms with Gasteiger partial charge in [0.1, 0.15) is 53.2 Å². The molecule has 0 aliphatic carbocycles. The highest BCUT2D eigenvalue weighted by molar-refractivity contribution is 6.03. The van der Waals surface area contributed by atoms with Gasteiger partial charge in [-0.1, -0.05) is 25.1 Å².